The van der Waals surface area contributed by atoms with Gasteiger partial charge < -0.3 is 27.8 Å². The number of hydrogen-bond acceptors (Lipinski definition) is 9. The molecule has 4 fully saturated rings. The first-order valence-corrected chi connectivity index (χ1v) is 23.3. The van der Waals surface area contributed by atoms with Crippen LogP contribution in [-0.2, 0) is 37.4 Å². The molecule has 0 amide bonds. The molecule has 3 aliphatic carbocycles. The van der Waals surface area contributed by atoms with Gasteiger partial charge in [0.1, 0.15) is 11.9 Å². The molecule has 8 atom stereocenters. The Kier molecular flexibility index (Phi) is 9.70. The zero-order valence-electron chi connectivity index (χ0n) is 30.1. The first-order chi connectivity index (χ1) is 21.5. The minimum Gasteiger partial charge on any atom is -0.454 e. The average molecular weight is 695 g/mol. The van der Waals surface area contributed by atoms with E-state index in [2.05, 4.69) is 62.3 Å². The Morgan fingerprint density at radius 1 is 0.957 bits per heavy atom. The number of hydrogen-bond donors (Lipinski definition) is 0. The van der Waals surface area contributed by atoms with E-state index in [0.717, 1.165) is 47.4 Å². The van der Waals surface area contributed by atoms with E-state index in [4.69, 9.17) is 40.0 Å². The van der Waals surface area contributed by atoms with Crippen molar-refractivity contribution in [1.82, 2.24) is 0 Å². The SMILES string of the molecule is CC[Si](CC)(CC)O[C@H]1C[C@@]23OC(=S)O[C@H]2C2[C@](C)(C(=O)CC(=C1C)C3(C)C)[C@@H](O[Si](CC)(CC)CC)C[C@H]1OC[C@@]21OC(C)=O. The number of rotatable bonds is 11. The summed E-state index contributed by atoms with van der Waals surface area (Å²) in [5.41, 5.74) is -1.50. The van der Waals surface area contributed by atoms with Crippen LogP contribution in [-0.4, -0.2) is 75.8 Å². The number of ketones is 1. The third-order valence-electron chi connectivity index (χ3n) is 13.8. The van der Waals surface area contributed by atoms with Crippen LogP contribution in [0.4, 0.5) is 0 Å². The Morgan fingerprint density at radius 3 is 2.02 bits per heavy atom. The van der Waals surface area contributed by atoms with Crippen LogP contribution in [0.5, 0.6) is 0 Å². The molecule has 2 aliphatic heterocycles. The van der Waals surface area contributed by atoms with E-state index in [9.17, 15) is 4.79 Å². The van der Waals surface area contributed by atoms with Crippen LogP contribution in [0.25, 0.3) is 0 Å². The van der Waals surface area contributed by atoms with Crippen LogP contribution >= 0.6 is 12.2 Å². The first-order valence-electron chi connectivity index (χ1n) is 17.8. The Balaban J connectivity index is 1.77. The van der Waals surface area contributed by atoms with Gasteiger partial charge in [-0.25, -0.2) is 0 Å². The molecule has 8 nitrogen and oxygen atoms in total. The highest BCUT2D eigenvalue weighted by atomic mass is 32.1. The summed E-state index contributed by atoms with van der Waals surface area (Å²) in [5, 5.41) is 0.0783. The van der Waals surface area contributed by atoms with Gasteiger partial charge in [0.15, 0.2) is 33.9 Å². The fourth-order valence-corrected chi connectivity index (χ4v) is 16.1. The fraction of sp³-hybridized carbons (Fsp3) is 0.857. The lowest BCUT2D eigenvalue weighted by Gasteiger charge is -2.67. The van der Waals surface area contributed by atoms with Gasteiger partial charge in [-0.05, 0) is 55.7 Å². The van der Waals surface area contributed by atoms with Gasteiger partial charge in [0, 0.05) is 43.8 Å². The lowest BCUT2D eigenvalue weighted by molar-refractivity contribution is -0.334. The third-order valence-corrected chi connectivity index (χ3v) is 23.2. The van der Waals surface area contributed by atoms with Gasteiger partial charge in [-0.15, -0.1) is 0 Å². The van der Waals surface area contributed by atoms with Crippen LogP contribution in [0.2, 0.25) is 36.3 Å². The van der Waals surface area contributed by atoms with E-state index in [1.165, 1.54) is 6.92 Å². The molecule has 0 aromatic carbocycles. The predicted molar refractivity (Wildman–Crippen MR) is 187 cm³/mol. The van der Waals surface area contributed by atoms with Crippen molar-refractivity contribution in [3.63, 3.8) is 0 Å². The molecule has 260 valence electrons. The van der Waals surface area contributed by atoms with E-state index in [1.54, 1.807) is 0 Å². The summed E-state index contributed by atoms with van der Waals surface area (Å²) in [6.45, 7) is 23.5. The Hall–Kier alpha value is -1.12. The van der Waals surface area contributed by atoms with E-state index in [-0.39, 0.29) is 30.2 Å². The van der Waals surface area contributed by atoms with Crippen molar-refractivity contribution in [3.8, 4) is 0 Å². The normalized spacial score (nSPS) is 38.4. The molecule has 0 aromatic heterocycles. The first kappa shape index (κ1) is 36.2. The van der Waals surface area contributed by atoms with Crippen molar-refractivity contribution >= 4 is 45.8 Å². The third kappa shape index (κ3) is 4.98. The number of ether oxygens (including phenoxy) is 4. The summed E-state index contributed by atoms with van der Waals surface area (Å²) in [4.78, 5) is 28.2. The largest absolute Gasteiger partial charge is 0.454 e. The van der Waals surface area contributed by atoms with Crippen LogP contribution in [0, 0.1) is 16.7 Å². The molecule has 2 saturated carbocycles. The summed E-state index contributed by atoms with van der Waals surface area (Å²) >= 11 is 5.77. The maximum Gasteiger partial charge on any atom is 0.353 e. The lowest BCUT2D eigenvalue weighted by Crippen LogP contribution is -2.80. The molecule has 2 saturated heterocycles. The standard InChI is InChI=1S/C35H58O8SSi2/c1-12-45(13-2,14-3)42-25-20-35-30(39-31(44)41-35)29-33(11,26(37)18-24(22(25)7)32(35,9)10)27(43-46(15-4,16-5)17-6)19-28-34(29,21-38-28)40-23(8)36/h25,27-30H,12-21H2,1-11H3/t25-,27-,28+,29?,30-,33+,34-,35+/m0/s1. The second-order valence-electron chi connectivity index (χ2n) is 15.4. The van der Waals surface area contributed by atoms with Gasteiger partial charge >= 0.3 is 11.2 Å². The number of carbonyl (C=O) groups is 2. The smallest absolute Gasteiger partial charge is 0.353 e. The fourth-order valence-electron chi connectivity index (χ4n) is 10.1. The Labute approximate surface area is 284 Å². The quantitative estimate of drug-likeness (QED) is 0.0937. The van der Waals surface area contributed by atoms with Crippen molar-refractivity contribution in [3.05, 3.63) is 11.1 Å². The summed E-state index contributed by atoms with van der Waals surface area (Å²) < 4.78 is 40.7. The number of carbonyl (C=O) groups excluding carboxylic acids is 2. The van der Waals surface area contributed by atoms with Gasteiger partial charge in [0.2, 0.25) is 0 Å². The van der Waals surface area contributed by atoms with Gasteiger partial charge in [-0.2, -0.15) is 0 Å². The van der Waals surface area contributed by atoms with E-state index in [0.29, 0.717) is 12.8 Å². The van der Waals surface area contributed by atoms with E-state index in [1.807, 2.05) is 6.92 Å². The van der Waals surface area contributed by atoms with E-state index < -0.39 is 68.9 Å². The van der Waals surface area contributed by atoms with Gasteiger partial charge in [-0.3, -0.25) is 9.59 Å². The molecule has 1 spiro atoms. The van der Waals surface area contributed by atoms with Crippen molar-refractivity contribution < 1.29 is 37.4 Å². The molecule has 0 N–H and O–H groups in total. The molecule has 5 rings (SSSR count). The lowest BCUT2D eigenvalue weighted by atomic mass is 9.45. The second kappa shape index (κ2) is 12.3. The monoisotopic (exact) mass is 694 g/mol. The minimum atomic E-state index is -2.18. The van der Waals surface area contributed by atoms with Crippen LogP contribution in [0.15, 0.2) is 11.1 Å². The van der Waals surface area contributed by atoms with Crippen molar-refractivity contribution in [2.45, 2.75) is 167 Å². The highest BCUT2D eigenvalue weighted by Gasteiger charge is 2.79. The zero-order valence-corrected chi connectivity index (χ0v) is 32.9. The maximum absolute atomic E-state index is 15.3. The molecule has 2 heterocycles. The number of thiocarbonyl (C=S) groups is 1. The zero-order chi connectivity index (χ0) is 34.1. The number of esters is 1. The highest BCUT2D eigenvalue weighted by Crippen LogP contribution is 2.67. The van der Waals surface area contributed by atoms with Crippen LogP contribution in [0.3, 0.4) is 0 Å². The molecular formula is C35H58O8SSi2. The second-order valence-corrected chi connectivity index (χ2v) is 25.2. The summed E-state index contributed by atoms with van der Waals surface area (Å²) in [7, 11) is -4.23. The summed E-state index contributed by atoms with van der Waals surface area (Å²) in [6.07, 6.45) is -0.484. The van der Waals surface area contributed by atoms with E-state index >= 15 is 4.79 Å². The van der Waals surface area contributed by atoms with Crippen molar-refractivity contribution in [1.29, 1.82) is 0 Å². The molecular weight excluding hydrogens is 637 g/mol. The van der Waals surface area contributed by atoms with Gasteiger partial charge in [0.05, 0.1) is 30.1 Å². The predicted octanol–water partition coefficient (Wildman–Crippen LogP) is 7.65. The highest BCUT2D eigenvalue weighted by molar-refractivity contribution is 7.79. The molecule has 46 heavy (non-hydrogen) atoms. The Morgan fingerprint density at radius 2 is 1.52 bits per heavy atom. The summed E-state index contributed by atoms with van der Waals surface area (Å²) in [5.74, 6) is -0.907. The molecule has 5 aliphatic rings. The summed E-state index contributed by atoms with van der Waals surface area (Å²) in [6, 6.07) is 5.91. The van der Waals surface area contributed by atoms with Crippen molar-refractivity contribution in [2.75, 3.05) is 6.61 Å². The van der Waals surface area contributed by atoms with Gasteiger partial charge in [-0.1, -0.05) is 61.0 Å². The maximum atomic E-state index is 15.3. The van der Waals surface area contributed by atoms with Crippen molar-refractivity contribution in [2.24, 2.45) is 16.7 Å². The number of fused-ring (bicyclic) bond motifs is 5. The molecule has 0 aromatic rings. The molecule has 0 radical (unpaired) electrons. The minimum absolute atomic E-state index is 0.0783. The van der Waals surface area contributed by atoms with Crippen LogP contribution in [0.1, 0.15) is 95.4 Å². The van der Waals surface area contributed by atoms with Crippen LogP contribution < -0.4 is 0 Å². The number of Topliss-reactive ketones (excluding diaryl/α,β-unsaturated/α-hetero) is 1. The average Bonchev–Trinajstić information content (AvgIpc) is 3.35. The van der Waals surface area contributed by atoms with Gasteiger partial charge in [0.25, 0.3) is 0 Å². The molecule has 2 bridgehead atoms. The molecule has 11 heteroatoms. The Bertz CT molecular complexity index is 1260. The molecule has 1 unspecified atom stereocenters. The topological polar surface area (TPSA) is 89.5 Å².